The molecule has 1 rings (SSSR count). The Kier molecular flexibility index (Phi) is 6.26. The zero-order valence-electron chi connectivity index (χ0n) is 12.3. The van der Waals surface area contributed by atoms with Gasteiger partial charge in [-0.1, -0.05) is 13.8 Å². The van der Waals surface area contributed by atoms with Crippen molar-refractivity contribution in [2.75, 3.05) is 5.73 Å². The summed E-state index contributed by atoms with van der Waals surface area (Å²) in [6, 6.07) is 1.74. The van der Waals surface area contributed by atoms with Crippen LogP contribution >= 0.6 is 0 Å². The average molecular weight is 318 g/mol. The summed E-state index contributed by atoms with van der Waals surface area (Å²) in [5.74, 6) is -2.50. The predicted octanol–water partition coefficient (Wildman–Crippen LogP) is 2.35. The van der Waals surface area contributed by atoms with Crippen molar-refractivity contribution >= 4 is 22.4 Å². The third-order valence-corrected chi connectivity index (χ3v) is 4.89. The summed E-state index contributed by atoms with van der Waals surface area (Å²) in [6.07, 6.45) is 1.46. The molecule has 1 aromatic rings. The van der Waals surface area contributed by atoms with E-state index in [1.165, 1.54) is 6.92 Å². The molecule has 7 heteroatoms. The molecule has 1 amide bonds. The van der Waals surface area contributed by atoms with Gasteiger partial charge in [0.15, 0.2) is 0 Å². The first-order valence-corrected chi connectivity index (χ1v) is 7.98. The zero-order valence-corrected chi connectivity index (χ0v) is 13.1. The van der Waals surface area contributed by atoms with Crippen molar-refractivity contribution in [2.45, 2.75) is 49.8 Å². The van der Waals surface area contributed by atoms with Crippen molar-refractivity contribution in [3.8, 4) is 0 Å². The number of carbonyl (C=O) groups is 1. The molecule has 4 nitrogen and oxygen atoms in total. The van der Waals surface area contributed by atoms with Gasteiger partial charge in [0.25, 0.3) is 0 Å². The normalized spacial score (nSPS) is 14.0. The van der Waals surface area contributed by atoms with Gasteiger partial charge in [0.2, 0.25) is 5.91 Å². The fraction of sp³-hybridized carbons (Fsp3) is 0.500. The van der Waals surface area contributed by atoms with Crippen LogP contribution in [0, 0.1) is 11.6 Å². The number of carbonyl (C=O) groups excluding carboxylic acids is 1. The number of hydrogen-bond acceptors (Lipinski definition) is 3. The standard InChI is InChI=1S/C14H20F2N2O2S/c1-4-10(5-2)18-14(19)8(3)21(20)13-11(15)6-9(17)7-12(13)16/h6-8,10H,4-5,17H2,1-3H3,(H,18,19). The molecule has 0 saturated carbocycles. The minimum Gasteiger partial charge on any atom is -0.399 e. The Morgan fingerprint density at radius 1 is 1.29 bits per heavy atom. The average Bonchev–Trinajstić information content (AvgIpc) is 2.42. The van der Waals surface area contributed by atoms with E-state index in [2.05, 4.69) is 5.32 Å². The minimum absolute atomic E-state index is 0.0435. The third-order valence-electron chi connectivity index (χ3n) is 3.24. The molecule has 2 unspecified atom stereocenters. The Hall–Kier alpha value is -1.50. The summed E-state index contributed by atoms with van der Waals surface area (Å²) >= 11 is 0. The maximum atomic E-state index is 13.7. The molecule has 0 aromatic heterocycles. The van der Waals surface area contributed by atoms with Gasteiger partial charge >= 0.3 is 0 Å². The van der Waals surface area contributed by atoms with Crippen molar-refractivity contribution in [1.82, 2.24) is 5.32 Å². The Morgan fingerprint density at radius 2 is 1.76 bits per heavy atom. The molecule has 0 spiro atoms. The van der Waals surface area contributed by atoms with Crippen molar-refractivity contribution in [1.29, 1.82) is 0 Å². The Morgan fingerprint density at radius 3 is 2.19 bits per heavy atom. The van der Waals surface area contributed by atoms with Crippen LogP contribution < -0.4 is 11.1 Å². The van der Waals surface area contributed by atoms with Crippen LogP contribution in [0.4, 0.5) is 14.5 Å². The quantitative estimate of drug-likeness (QED) is 0.791. The largest absolute Gasteiger partial charge is 0.399 e. The maximum Gasteiger partial charge on any atom is 0.236 e. The Labute approximate surface area is 125 Å². The molecule has 118 valence electrons. The number of amides is 1. The smallest absolute Gasteiger partial charge is 0.236 e. The van der Waals surface area contributed by atoms with E-state index >= 15 is 0 Å². The molecule has 0 aliphatic heterocycles. The van der Waals surface area contributed by atoms with Crippen LogP contribution in [0.5, 0.6) is 0 Å². The van der Waals surface area contributed by atoms with E-state index in [9.17, 15) is 17.8 Å². The molecule has 0 heterocycles. The molecule has 2 atom stereocenters. The fourth-order valence-corrected chi connectivity index (χ4v) is 2.98. The lowest BCUT2D eigenvalue weighted by atomic mass is 10.2. The second kappa shape index (κ2) is 7.49. The van der Waals surface area contributed by atoms with E-state index in [1.807, 2.05) is 13.8 Å². The molecule has 3 N–H and O–H groups in total. The lowest BCUT2D eigenvalue weighted by Gasteiger charge is -2.18. The monoisotopic (exact) mass is 318 g/mol. The molecule has 0 saturated heterocycles. The second-order valence-electron chi connectivity index (χ2n) is 4.78. The molecular formula is C14H20F2N2O2S. The van der Waals surface area contributed by atoms with Crippen molar-refractivity contribution in [3.63, 3.8) is 0 Å². The lowest BCUT2D eigenvalue weighted by molar-refractivity contribution is -0.121. The Balaban J connectivity index is 2.96. The first-order valence-electron chi connectivity index (χ1n) is 6.77. The number of hydrogen-bond donors (Lipinski definition) is 2. The number of halogens is 2. The lowest BCUT2D eigenvalue weighted by Crippen LogP contribution is -2.41. The van der Waals surface area contributed by atoms with E-state index in [0.717, 1.165) is 25.0 Å². The van der Waals surface area contributed by atoms with Crippen LogP contribution in [0.3, 0.4) is 0 Å². The van der Waals surface area contributed by atoms with Crippen LogP contribution in [0.2, 0.25) is 0 Å². The predicted molar refractivity (Wildman–Crippen MR) is 79.2 cm³/mol. The van der Waals surface area contributed by atoms with Crippen molar-refractivity contribution in [2.24, 2.45) is 0 Å². The van der Waals surface area contributed by atoms with Gasteiger partial charge in [-0.05, 0) is 31.9 Å². The Bertz CT molecular complexity index is 525. The van der Waals surface area contributed by atoms with E-state index in [0.29, 0.717) is 0 Å². The van der Waals surface area contributed by atoms with E-state index < -0.39 is 38.5 Å². The van der Waals surface area contributed by atoms with Crippen LogP contribution in [-0.2, 0) is 15.6 Å². The summed E-state index contributed by atoms with van der Waals surface area (Å²) in [5.41, 5.74) is 5.21. The SMILES string of the molecule is CCC(CC)NC(=O)C(C)S(=O)c1c(F)cc(N)cc1F. The molecule has 0 aliphatic rings. The minimum atomic E-state index is -2.13. The van der Waals surface area contributed by atoms with Gasteiger partial charge in [-0.3, -0.25) is 9.00 Å². The molecule has 0 fully saturated rings. The summed E-state index contributed by atoms with van der Waals surface area (Å²) < 4.78 is 39.7. The van der Waals surface area contributed by atoms with Crippen LogP contribution in [0.1, 0.15) is 33.6 Å². The van der Waals surface area contributed by atoms with Crippen molar-refractivity contribution < 1.29 is 17.8 Å². The third kappa shape index (κ3) is 4.23. The van der Waals surface area contributed by atoms with Crippen molar-refractivity contribution in [3.05, 3.63) is 23.8 Å². The number of nitrogens with one attached hydrogen (secondary N) is 1. The molecule has 1 aromatic carbocycles. The number of benzene rings is 1. The molecule has 0 aliphatic carbocycles. The van der Waals surface area contributed by atoms with E-state index in [4.69, 9.17) is 5.73 Å². The van der Waals surface area contributed by atoms with E-state index in [-0.39, 0.29) is 11.7 Å². The number of rotatable bonds is 6. The van der Waals surface area contributed by atoms with Crippen LogP contribution in [-0.4, -0.2) is 21.4 Å². The van der Waals surface area contributed by atoms with Crippen LogP contribution in [0.25, 0.3) is 0 Å². The maximum absolute atomic E-state index is 13.7. The van der Waals surface area contributed by atoms with Gasteiger partial charge < -0.3 is 11.1 Å². The van der Waals surface area contributed by atoms with Gasteiger partial charge in [-0.15, -0.1) is 0 Å². The van der Waals surface area contributed by atoms with E-state index in [1.54, 1.807) is 0 Å². The number of nitrogen functional groups attached to an aromatic ring is 1. The molecular weight excluding hydrogens is 298 g/mol. The summed E-state index contributed by atoms with van der Waals surface area (Å²) in [4.78, 5) is 11.4. The van der Waals surface area contributed by atoms with Gasteiger partial charge in [-0.2, -0.15) is 0 Å². The fourth-order valence-electron chi connectivity index (χ4n) is 1.86. The summed E-state index contributed by atoms with van der Waals surface area (Å²) in [5, 5.41) is 1.66. The van der Waals surface area contributed by atoms with Gasteiger partial charge in [0, 0.05) is 11.7 Å². The summed E-state index contributed by atoms with van der Waals surface area (Å²) in [7, 11) is -2.13. The first-order chi connectivity index (χ1) is 9.81. The van der Waals surface area contributed by atoms with Gasteiger partial charge in [0.1, 0.15) is 21.8 Å². The molecule has 0 radical (unpaired) electrons. The topological polar surface area (TPSA) is 72.2 Å². The first kappa shape index (κ1) is 17.6. The highest BCUT2D eigenvalue weighted by Crippen LogP contribution is 2.22. The van der Waals surface area contributed by atoms with Crippen LogP contribution in [0.15, 0.2) is 17.0 Å². The van der Waals surface area contributed by atoms with Gasteiger partial charge in [0.05, 0.1) is 10.8 Å². The molecule has 0 bridgehead atoms. The van der Waals surface area contributed by atoms with Gasteiger partial charge in [-0.25, -0.2) is 8.78 Å². The number of nitrogens with two attached hydrogens (primary N) is 1. The highest BCUT2D eigenvalue weighted by molar-refractivity contribution is 7.86. The number of anilines is 1. The summed E-state index contributed by atoms with van der Waals surface area (Å²) in [6.45, 7) is 5.20. The highest BCUT2D eigenvalue weighted by atomic mass is 32.2. The zero-order chi connectivity index (χ0) is 16.2. The highest BCUT2D eigenvalue weighted by Gasteiger charge is 2.27. The molecule has 21 heavy (non-hydrogen) atoms. The second-order valence-corrected chi connectivity index (χ2v) is 6.49.